The lowest BCUT2D eigenvalue weighted by Gasteiger charge is -2.37. The average molecular weight is 734 g/mol. The van der Waals surface area contributed by atoms with E-state index in [0.717, 1.165) is 16.9 Å². The molecule has 0 spiro atoms. The number of thiophene rings is 1. The molecular weight excluding hydrogens is 702 g/mol. The van der Waals surface area contributed by atoms with Gasteiger partial charge in [0.25, 0.3) is 5.91 Å². The predicted molar refractivity (Wildman–Crippen MR) is 186 cm³/mol. The summed E-state index contributed by atoms with van der Waals surface area (Å²) >= 11 is 20.2. The number of hydrogen-bond acceptors (Lipinski definition) is 8. The van der Waals surface area contributed by atoms with Crippen molar-refractivity contribution < 1.29 is 28.6 Å². The lowest BCUT2D eigenvalue weighted by molar-refractivity contribution is -0.128. The molecule has 1 aliphatic rings. The van der Waals surface area contributed by atoms with E-state index in [9.17, 15) is 18.8 Å². The first kappa shape index (κ1) is 35.7. The molecule has 1 aliphatic heterocycles. The van der Waals surface area contributed by atoms with Crippen molar-refractivity contribution >= 4 is 63.9 Å². The van der Waals surface area contributed by atoms with Gasteiger partial charge in [0.15, 0.2) is 5.75 Å². The minimum absolute atomic E-state index is 0.0374. The second-order valence-electron chi connectivity index (χ2n) is 11.0. The summed E-state index contributed by atoms with van der Waals surface area (Å²) in [6.07, 6.45) is 0.820. The third kappa shape index (κ3) is 8.53. The van der Waals surface area contributed by atoms with Crippen molar-refractivity contribution in [1.29, 1.82) is 0 Å². The Morgan fingerprint density at radius 2 is 1.65 bits per heavy atom. The average Bonchev–Trinajstić information content (AvgIpc) is 3.46. The summed E-state index contributed by atoms with van der Waals surface area (Å²) in [5.74, 6) is -1.97. The maximum absolute atomic E-state index is 14.1. The van der Waals surface area contributed by atoms with Gasteiger partial charge >= 0.3 is 0 Å². The first-order valence-corrected chi connectivity index (χ1v) is 17.0. The van der Waals surface area contributed by atoms with Gasteiger partial charge in [-0.3, -0.25) is 25.0 Å². The molecule has 1 fully saturated rings. The standard InChI is InChI=1S/C34H32Cl3FN4O5S/c35-22-5-3-21(4-6-22)28-29(47-16-15-40-27(44)19-43)31(48-30(28)25-10-7-23(36)17-26(25)37)32(45)42-33(46)34(11-13-39-14-12-34)41-18-20-1-8-24(38)9-2-20/h1-10,17,39,41,43H,11-16,18-19H2,(H,40,44)(H,42,45,46). The fourth-order valence-corrected chi connectivity index (χ4v) is 7.22. The van der Waals surface area contributed by atoms with E-state index in [-0.39, 0.29) is 36.1 Å². The summed E-state index contributed by atoms with van der Waals surface area (Å²) in [5.41, 5.74) is 1.47. The fourth-order valence-electron chi connectivity index (χ4n) is 5.34. The largest absolute Gasteiger partial charge is 0.489 e. The van der Waals surface area contributed by atoms with Crippen molar-refractivity contribution in [2.45, 2.75) is 24.9 Å². The molecule has 1 saturated heterocycles. The monoisotopic (exact) mass is 732 g/mol. The van der Waals surface area contributed by atoms with Crippen LogP contribution in [0.1, 0.15) is 28.1 Å². The Balaban J connectivity index is 1.53. The minimum Gasteiger partial charge on any atom is -0.489 e. The number of ether oxygens (including phenoxy) is 1. The Kier molecular flexibility index (Phi) is 12.1. The number of halogens is 4. The second-order valence-corrected chi connectivity index (χ2v) is 13.3. The number of imide groups is 1. The molecule has 3 aromatic carbocycles. The number of benzene rings is 3. The zero-order chi connectivity index (χ0) is 34.3. The molecule has 0 atom stereocenters. The number of aliphatic hydroxyl groups is 1. The van der Waals surface area contributed by atoms with Crippen LogP contribution >= 0.6 is 46.1 Å². The number of nitrogens with one attached hydrogen (secondary N) is 4. The number of amides is 3. The number of carbonyl (C=O) groups excluding carboxylic acids is 3. The van der Waals surface area contributed by atoms with Gasteiger partial charge < -0.3 is 20.5 Å². The smallest absolute Gasteiger partial charge is 0.271 e. The van der Waals surface area contributed by atoms with Gasteiger partial charge in [-0.2, -0.15) is 0 Å². The third-order valence-electron chi connectivity index (χ3n) is 7.86. The van der Waals surface area contributed by atoms with Crippen molar-refractivity contribution in [2.75, 3.05) is 32.8 Å². The molecule has 0 unspecified atom stereocenters. The maximum atomic E-state index is 14.1. The van der Waals surface area contributed by atoms with E-state index >= 15 is 0 Å². The van der Waals surface area contributed by atoms with Crippen molar-refractivity contribution in [3.63, 3.8) is 0 Å². The van der Waals surface area contributed by atoms with Crippen LogP contribution in [0, 0.1) is 5.82 Å². The van der Waals surface area contributed by atoms with Crippen LogP contribution in [0.15, 0.2) is 66.7 Å². The molecule has 0 aliphatic carbocycles. The molecule has 252 valence electrons. The van der Waals surface area contributed by atoms with Crippen LogP contribution in [0.2, 0.25) is 15.1 Å². The van der Waals surface area contributed by atoms with E-state index in [1.54, 1.807) is 54.6 Å². The van der Waals surface area contributed by atoms with Gasteiger partial charge in [-0.05, 0) is 73.5 Å². The maximum Gasteiger partial charge on any atom is 0.271 e. The van der Waals surface area contributed by atoms with Crippen molar-refractivity contribution in [2.24, 2.45) is 0 Å². The van der Waals surface area contributed by atoms with Gasteiger partial charge in [0.2, 0.25) is 11.8 Å². The van der Waals surface area contributed by atoms with Crippen LogP contribution in [0.4, 0.5) is 4.39 Å². The number of aliphatic hydroxyl groups excluding tert-OH is 1. The van der Waals surface area contributed by atoms with Crippen LogP contribution in [0.25, 0.3) is 21.6 Å². The highest BCUT2D eigenvalue weighted by atomic mass is 35.5. The van der Waals surface area contributed by atoms with Crippen LogP contribution in [0.5, 0.6) is 5.75 Å². The van der Waals surface area contributed by atoms with Crippen LogP contribution in [-0.2, 0) is 16.1 Å². The summed E-state index contributed by atoms with van der Waals surface area (Å²) in [6.45, 7) is 0.677. The lowest BCUT2D eigenvalue weighted by Crippen LogP contribution is -2.61. The van der Waals surface area contributed by atoms with Gasteiger partial charge in [-0.25, -0.2) is 4.39 Å². The van der Waals surface area contributed by atoms with E-state index in [2.05, 4.69) is 21.3 Å². The van der Waals surface area contributed by atoms with Gasteiger partial charge in [-0.15, -0.1) is 11.3 Å². The molecule has 0 radical (unpaired) electrons. The Morgan fingerprint density at radius 3 is 2.31 bits per heavy atom. The quantitative estimate of drug-likeness (QED) is 0.0915. The number of hydrogen-bond donors (Lipinski definition) is 5. The Morgan fingerprint density at radius 1 is 0.958 bits per heavy atom. The van der Waals surface area contributed by atoms with Gasteiger partial charge in [-0.1, -0.05) is 65.1 Å². The lowest BCUT2D eigenvalue weighted by atomic mass is 9.86. The van der Waals surface area contributed by atoms with Crippen molar-refractivity contribution in [3.8, 4) is 27.3 Å². The number of rotatable bonds is 12. The fraction of sp³-hybridized carbons (Fsp3) is 0.265. The first-order chi connectivity index (χ1) is 23.1. The molecule has 1 aromatic heterocycles. The Labute approximate surface area is 295 Å². The SMILES string of the molecule is O=C(CO)NCCOc1c(C(=O)NC(=O)C2(NCc3ccc(F)cc3)CCNCC2)sc(-c2ccc(Cl)cc2Cl)c1-c1ccc(Cl)cc1. The second kappa shape index (κ2) is 16.2. The number of piperidine rings is 1. The molecule has 5 N–H and O–H groups in total. The molecule has 48 heavy (non-hydrogen) atoms. The van der Waals surface area contributed by atoms with E-state index < -0.39 is 29.9 Å². The van der Waals surface area contributed by atoms with Gasteiger partial charge in [0, 0.05) is 32.6 Å². The highest BCUT2D eigenvalue weighted by Gasteiger charge is 2.41. The minimum atomic E-state index is -1.08. The van der Waals surface area contributed by atoms with Crippen LogP contribution < -0.4 is 26.0 Å². The normalized spacial score (nSPS) is 13.9. The number of carbonyl (C=O) groups is 3. The van der Waals surface area contributed by atoms with E-state index in [1.165, 1.54) is 12.1 Å². The van der Waals surface area contributed by atoms with Gasteiger partial charge in [0.05, 0.1) is 11.6 Å². The zero-order valence-corrected chi connectivity index (χ0v) is 28.6. The van der Waals surface area contributed by atoms with Crippen LogP contribution in [0.3, 0.4) is 0 Å². The van der Waals surface area contributed by atoms with E-state index in [4.69, 9.17) is 44.6 Å². The van der Waals surface area contributed by atoms with Crippen molar-refractivity contribution in [3.05, 3.63) is 98.1 Å². The first-order valence-electron chi connectivity index (χ1n) is 15.0. The summed E-state index contributed by atoms with van der Waals surface area (Å²) in [5, 5.41) is 22.1. The predicted octanol–water partition coefficient (Wildman–Crippen LogP) is 5.84. The molecule has 5 rings (SSSR count). The molecule has 3 amide bonds. The van der Waals surface area contributed by atoms with E-state index in [0.29, 0.717) is 62.6 Å². The Hall–Kier alpha value is -3.55. The molecule has 9 nitrogen and oxygen atoms in total. The zero-order valence-electron chi connectivity index (χ0n) is 25.5. The summed E-state index contributed by atoms with van der Waals surface area (Å²) in [7, 11) is 0. The topological polar surface area (TPSA) is 129 Å². The molecule has 0 bridgehead atoms. The molecule has 2 heterocycles. The molecular formula is C34H32Cl3FN4O5S. The van der Waals surface area contributed by atoms with E-state index in [1.807, 2.05) is 0 Å². The summed E-state index contributed by atoms with van der Waals surface area (Å²) in [4.78, 5) is 40.4. The third-order valence-corrected chi connectivity index (χ3v) is 9.86. The summed E-state index contributed by atoms with van der Waals surface area (Å²) in [6, 6.07) is 17.9. The molecule has 4 aromatic rings. The van der Waals surface area contributed by atoms with Crippen molar-refractivity contribution in [1.82, 2.24) is 21.3 Å². The van der Waals surface area contributed by atoms with Crippen LogP contribution in [-0.4, -0.2) is 61.2 Å². The molecule has 14 heteroatoms. The van der Waals surface area contributed by atoms with Gasteiger partial charge in [0.1, 0.15) is 29.4 Å². The Bertz CT molecular complexity index is 1780. The molecule has 0 saturated carbocycles. The summed E-state index contributed by atoms with van der Waals surface area (Å²) < 4.78 is 19.7. The highest BCUT2D eigenvalue weighted by Crippen LogP contribution is 2.50. The highest BCUT2D eigenvalue weighted by molar-refractivity contribution is 7.18.